The smallest absolute Gasteiger partial charge is 0.255 e. The monoisotopic (exact) mass is 436 g/mol. The average Bonchev–Trinajstić information content (AvgIpc) is 2.81. The zero-order chi connectivity index (χ0) is 21.6. The maximum absolute atomic E-state index is 12.3. The van der Waals surface area contributed by atoms with E-state index in [0.29, 0.717) is 16.3 Å². The van der Waals surface area contributed by atoms with Gasteiger partial charge in [0.15, 0.2) is 0 Å². The first-order valence-electron chi connectivity index (χ1n) is 10.2. The molecule has 1 amide bonds. The van der Waals surface area contributed by atoms with Gasteiger partial charge in [-0.1, -0.05) is 23.7 Å². The Kier molecular flexibility index (Phi) is 6.70. The number of nitrogens with one attached hydrogen (secondary N) is 1. The fraction of sp³-hybridized carbons (Fsp3) is 0.250. The minimum atomic E-state index is -0.183. The van der Waals surface area contributed by atoms with Gasteiger partial charge in [-0.3, -0.25) is 9.69 Å². The number of rotatable bonds is 6. The molecule has 31 heavy (non-hydrogen) atoms. The Morgan fingerprint density at radius 1 is 1.06 bits per heavy atom. The van der Waals surface area contributed by atoms with Crippen LogP contribution in [0.1, 0.15) is 15.9 Å². The Labute approximate surface area is 187 Å². The van der Waals surface area contributed by atoms with E-state index >= 15 is 0 Å². The number of anilines is 2. The van der Waals surface area contributed by atoms with Crippen molar-refractivity contribution in [1.29, 1.82) is 0 Å². The molecule has 0 spiro atoms. The molecule has 1 fully saturated rings. The first-order chi connectivity index (χ1) is 15.1. The van der Waals surface area contributed by atoms with Gasteiger partial charge in [0.1, 0.15) is 11.6 Å². The zero-order valence-corrected chi connectivity index (χ0v) is 18.2. The third-order valence-corrected chi connectivity index (χ3v) is 5.60. The van der Waals surface area contributed by atoms with Gasteiger partial charge in [-0.05, 0) is 54.1 Å². The highest BCUT2D eigenvalue weighted by Gasteiger charge is 2.18. The van der Waals surface area contributed by atoms with E-state index in [9.17, 15) is 4.79 Å². The van der Waals surface area contributed by atoms with Gasteiger partial charge in [-0.25, -0.2) is 4.98 Å². The Bertz CT molecular complexity index is 1020. The van der Waals surface area contributed by atoms with Crippen molar-refractivity contribution in [2.75, 3.05) is 43.5 Å². The standard InChI is InChI=1S/C24H25ClN4O2/c1-31-22-4-2-3-18(15-22)17-28-11-13-29(14-12-28)23-10-9-21(16-26-23)27-24(30)19-5-7-20(25)8-6-19/h2-10,15-16H,11-14,17H2,1H3,(H,27,30). The summed E-state index contributed by atoms with van der Waals surface area (Å²) < 4.78 is 5.32. The fourth-order valence-corrected chi connectivity index (χ4v) is 3.74. The summed E-state index contributed by atoms with van der Waals surface area (Å²) in [4.78, 5) is 21.6. The molecule has 3 aromatic rings. The highest BCUT2D eigenvalue weighted by molar-refractivity contribution is 6.30. The summed E-state index contributed by atoms with van der Waals surface area (Å²) in [6, 6.07) is 18.9. The van der Waals surface area contributed by atoms with E-state index in [-0.39, 0.29) is 5.91 Å². The van der Waals surface area contributed by atoms with Crippen LogP contribution in [0.25, 0.3) is 0 Å². The lowest BCUT2D eigenvalue weighted by Gasteiger charge is -2.35. The van der Waals surface area contributed by atoms with Crippen molar-refractivity contribution in [3.8, 4) is 5.75 Å². The van der Waals surface area contributed by atoms with Crippen LogP contribution in [0, 0.1) is 0 Å². The van der Waals surface area contributed by atoms with Gasteiger partial charge in [-0.2, -0.15) is 0 Å². The molecule has 0 aliphatic carbocycles. The van der Waals surface area contributed by atoms with Crippen LogP contribution >= 0.6 is 11.6 Å². The van der Waals surface area contributed by atoms with Gasteiger partial charge in [0.25, 0.3) is 5.91 Å². The molecule has 1 saturated heterocycles. The van der Waals surface area contributed by atoms with E-state index in [1.807, 2.05) is 24.3 Å². The molecular formula is C24H25ClN4O2. The number of methoxy groups -OCH3 is 1. The summed E-state index contributed by atoms with van der Waals surface area (Å²) >= 11 is 5.88. The van der Waals surface area contributed by atoms with Crippen LogP contribution in [0.2, 0.25) is 5.02 Å². The second kappa shape index (κ2) is 9.81. The second-order valence-electron chi connectivity index (χ2n) is 7.48. The van der Waals surface area contributed by atoms with E-state index in [1.54, 1.807) is 37.6 Å². The van der Waals surface area contributed by atoms with Crippen molar-refractivity contribution in [3.63, 3.8) is 0 Å². The summed E-state index contributed by atoms with van der Waals surface area (Å²) in [6.45, 7) is 4.66. The third kappa shape index (κ3) is 5.54. The predicted molar refractivity (Wildman–Crippen MR) is 124 cm³/mol. The summed E-state index contributed by atoms with van der Waals surface area (Å²) in [5.74, 6) is 1.63. The zero-order valence-electron chi connectivity index (χ0n) is 17.4. The average molecular weight is 437 g/mol. The molecule has 2 heterocycles. The van der Waals surface area contributed by atoms with Gasteiger partial charge in [-0.15, -0.1) is 0 Å². The van der Waals surface area contributed by atoms with E-state index in [2.05, 4.69) is 32.2 Å². The number of aromatic nitrogens is 1. The number of hydrogen-bond acceptors (Lipinski definition) is 5. The molecule has 160 valence electrons. The van der Waals surface area contributed by atoms with Crippen molar-refractivity contribution in [1.82, 2.24) is 9.88 Å². The summed E-state index contributed by atoms with van der Waals surface area (Å²) in [5, 5.41) is 3.47. The fourth-order valence-electron chi connectivity index (χ4n) is 3.62. The van der Waals surface area contributed by atoms with Crippen LogP contribution in [0.4, 0.5) is 11.5 Å². The van der Waals surface area contributed by atoms with Gasteiger partial charge in [0.05, 0.1) is 19.0 Å². The molecule has 1 aromatic heterocycles. The SMILES string of the molecule is COc1cccc(CN2CCN(c3ccc(NC(=O)c4ccc(Cl)cc4)cn3)CC2)c1. The van der Waals surface area contributed by atoms with E-state index < -0.39 is 0 Å². The number of nitrogens with zero attached hydrogens (tertiary/aromatic N) is 3. The molecule has 0 atom stereocenters. The summed E-state index contributed by atoms with van der Waals surface area (Å²) in [6.07, 6.45) is 1.70. The molecule has 1 N–H and O–H groups in total. The van der Waals surface area contributed by atoms with Crippen molar-refractivity contribution in [2.45, 2.75) is 6.54 Å². The topological polar surface area (TPSA) is 57.7 Å². The van der Waals surface area contributed by atoms with E-state index in [1.165, 1.54) is 5.56 Å². The maximum atomic E-state index is 12.3. The molecule has 7 heteroatoms. The van der Waals surface area contributed by atoms with Gasteiger partial charge < -0.3 is 15.0 Å². The van der Waals surface area contributed by atoms with E-state index in [4.69, 9.17) is 16.3 Å². The number of benzene rings is 2. The highest BCUT2D eigenvalue weighted by Crippen LogP contribution is 2.19. The summed E-state index contributed by atoms with van der Waals surface area (Å²) in [5.41, 5.74) is 2.48. The number of carbonyl (C=O) groups is 1. The second-order valence-corrected chi connectivity index (χ2v) is 7.92. The molecule has 4 rings (SSSR count). The number of ether oxygens (including phenoxy) is 1. The molecule has 0 unspecified atom stereocenters. The first kappa shape index (κ1) is 21.2. The Morgan fingerprint density at radius 3 is 2.52 bits per heavy atom. The van der Waals surface area contributed by atoms with Gasteiger partial charge >= 0.3 is 0 Å². The Hall–Kier alpha value is -3.09. The van der Waals surface area contributed by atoms with Crippen molar-refractivity contribution in [2.24, 2.45) is 0 Å². The minimum Gasteiger partial charge on any atom is -0.497 e. The van der Waals surface area contributed by atoms with Crippen LogP contribution in [-0.4, -0.2) is 49.1 Å². The van der Waals surface area contributed by atoms with Crippen LogP contribution < -0.4 is 15.0 Å². The summed E-state index contributed by atoms with van der Waals surface area (Å²) in [7, 11) is 1.69. The lowest BCUT2D eigenvalue weighted by molar-refractivity contribution is 0.102. The molecule has 6 nitrogen and oxygen atoms in total. The van der Waals surface area contributed by atoms with Crippen molar-refractivity contribution < 1.29 is 9.53 Å². The van der Waals surface area contributed by atoms with Gasteiger partial charge in [0.2, 0.25) is 0 Å². The Balaban J connectivity index is 1.29. The third-order valence-electron chi connectivity index (χ3n) is 5.35. The van der Waals surface area contributed by atoms with Crippen LogP contribution in [0.5, 0.6) is 5.75 Å². The first-order valence-corrected chi connectivity index (χ1v) is 10.6. The minimum absolute atomic E-state index is 0.183. The normalized spacial score (nSPS) is 14.3. The van der Waals surface area contributed by atoms with E-state index in [0.717, 1.165) is 44.3 Å². The molecule has 0 bridgehead atoms. The van der Waals surface area contributed by atoms with Gasteiger partial charge in [0, 0.05) is 43.3 Å². The van der Waals surface area contributed by atoms with Crippen LogP contribution in [0.15, 0.2) is 66.9 Å². The largest absolute Gasteiger partial charge is 0.497 e. The molecule has 1 aliphatic rings. The number of pyridine rings is 1. The molecule has 0 radical (unpaired) electrons. The molecule has 1 aliphatic heterocycles. The lowest BCUT2D eigenvalue weighted by Crippen LogP contribution is -2.46. The molecule has 0 saturated carbocycles. The van der Waals surface area contributed by atoms with Crippen LogP contribution in [0.3, 0.4) is 0 Å². The Morgan fingerprint density at radius 2 is 1.84 bits per heavy atom. The predicted octanol–water partition coefficient (Wildman–Crippen LogP) is 4.32. The number of piperazine rings is 1. The molecular weight excluding hydrogens is 412 g/mol. The number of carbonyl (C=O) groups excluding carboxylic acids is 1. The lowest BCUT2D eigenvalue weighted by atomic mass is 10.2. The number of hydrogen-bond donors (Lipinski definition) is 1. The highest BCUT2D eigenvalue weighted by atomic mass is 35.5. The van der Waals surface area contributed by atoms with Crippen molar-refractivity contribution in [3.05, 3.63) is 83.0 Å². The quantitative estimate of drug-likeness (QED) is 0.623. The molecule has 2 aromatic carbocycles. The number of amides is 1. The van der Waals surface area contributed by atoms with Crippen LogP contribution in [-0.2, 0) is 6.54 Å². The van der Waals surface area contributed by atoms with Crippen molar-refractivity contribution >= 4 is 29.0 Å². The number of halogens is 1. The maximum Gasteiger partial charge on any atom is 0.255 e.